The second kappa shape index (κ2) is 7.83. The van der Waals surface area contributed by atoms with Gasteiger partial charge in [-0.25, -0.2) is 0 Å². The molecule has 0 bridgehead atoms. The first-order chi connectivity index (χ1) is 14.2. The summed E-state index contributed by atoms with van der Waals surface area (Å²) in [5, 5.41) is 3.06. The zero-order valence-corrected chi connectivity index (χ0v) is 17.4. The lowest BCUT2D eigenvalue weighted by atomic mass is 9.93. The number of benzene rings is 1. The summed E-state index contributed by atoms with van der Waals surface area (Å²) in [5.74, 6) is 0.0197. The van der Waals surface area contributed by atoms with Crippen molar-refractivity contribution in [1.29, 1.82) is 0 Å². The van der Waals surface area contributed by atoms with Gasteiger partial charge >= 0.3 is 0 Å². The Morgan fingerprint density at radius 2 is 1.93 bits per heavy atom. The number of H-pyrrole nitrogens is 1. The summed E-state index contributed by atoms with van der Waals surface area (Å²) >= 11 is 0. The van der Waals surface area contributed by atoms with Crippen LogP contribution in [0.25, 0.3) is 11.6 Å². The lowest BCUT2D eigenvalue weighted by molar-refractivity contribution is -0.110. The molecule has 29 heavy (non-hydrogen) atoms. The Balaban J connectivity index is 1.45. The van der Waals surface area contributed by atoms with Gasteiger partial charge in [0.05, 0.1) is 5.57 Å². The van der Waals surface area contributed by atoms with Crippen LogP contribution < -0.4 is 5.32 Å². The fourth-order valence-corrected chi connectivity index (χ4v) is 5.28. The predicted octanol–water partition coefficient (Wildman–Crippen LogP) is 4.59. The molecule has 0 spiro atoms. The quantitative estimate of drug-likeness (QED) is 0.735. The molecular formula is C25H31N3O. The van der Waals surface area contributed by atoms with E-state index >= 15 is 0 Å². The van der Waals surface area contributed by atoms with Crippen molar-refractivity contribution in [2.75, 3.05) is 25.0 Å². The van der Waals surface area contributed by atoms with Crippen molar-refractivity contribution in [2.45, 2.75) is 58.3 Å². The Hall–Kier alpha value is -2.33. The average molecular weight is 390 g/mol. The van der Waals surface area contributed by atoms with E-state index in [1.807, 2.05) is 0 Å². The van der Waals surface area contributed by atoms with Gasteiger partial charge in [0.2, 0.25) is 0 Å². The van der Waals surface area contributed by atoms with Crippen LogP contribution in [0.3, 0.4) is 0 Å². The zero-order chi connectivity index (χ0) is 19.8. The number of hydrogen-bond acceptors (Lipinski definition) is 2. The minimum atomic E-state index is 0.0197. The molecular weight excluding hydrogens is 358 g/mol. The van der Waals surface area contributed by atoms with Crippen LogP contribution in [0.2, 0.25) is 0 Å². The summed E-state index contributed by atoms with van der Waals surface area (Å²) in [4.78, 5) is 18.9. The van der Waals surface area contributed by atoms with Gasteiger partial charge in [0.1, 0.15) is 0 Å². The monoisotopic (exact) mass is 389 g/mol. The highest BCUT2D eigenvalue weighted by Gasteiger charge is 2.26. The highest BCUT2D eigenvalue weighted by molar-refractivity contribution is 6.34. The largest absolute Gasteiger partial charge is 0.358 e. The van der Waals surface area contributed by atoms with Gasteiger partial charge in [0, 0.05) is 29.2 Å². The first kappa shape index (κ1) is 18.7. The molecule has 1 amide bonds. The third-order valence-corrected chi connectivity index (χ3v) is 6.87. The molecule has 3 aliphatic rings. The average Bonchev–Trinajstić information content (AvgIpc) is 3.44. The van der Waals surface area contributed by atoms with Crippen LogP contribution in [-0.2, 0) is 30.5 Å². The summed E-state index contributed by atoms with van der Waals surface area (Å²) in [7, 11) is 0. The van der Waals surface area contributed by atoms with Crippen molar-refractivity contribution in [3.8, 4) is 0 Å². The van der Waals surface area contributed by atoms with E-state index in [0.717, 1.165) is 48.3 Å². The van der Waals surface area contributed by atoms with Gasteiger partial charge in [0.15, 0.2) is 0 Å². The van der Waals surface area contributed by atoms with Crippen molar-refractivity contribution in [3.05, 3.63) is 51.8 Å². The molecule has 5 rings (SSSR count). The predicted molar refractivity (Wildman–Crippen MR) is 119 cm³/mol. The minimum Gasteiger partial charge on any atom is -0.358 e. The number of nitrogens with one attached hydrogen (secondary N) is 2. The van der Waals surface area contributed by atoms with E-state index in [4.69, 9.17) is 0 Å². The van der Waals surface area contributed by atoms with Gasteiger partial charge in [-0.1, -0.05) is 13.0 Å². The van der Waals surface area contributed by atoms with E-state index in [-0.39, 0.29) is 5.91 Å². The van der Waals surface area contributed by atoms with E-state index in [1.54, 1.807) is 0 Å². The van der Waals surface area contributed by atoms with Crippen LogP contribution in [-0.4, -0.2) is 35.4 Å². The topological polar surface area (TPSA) is 48.1 Å². The van der Waals surface area contributed by atoms with E-state index < -0.39 is 0 Å². The number of rotatable bonds is 5. The van der Waals surface area contributed by atoms with Crippen LogP contribution in [0, 0.1) is 0 Å². The third-order valence-electron chi connectivity index (χ3n) is 6.87. The van der Waals surface area contributed by atoms with Crippen LogP contribution in [0.4, 0.5) is 5.69 Å². The molecule has 2 aliphatic heterocycles. The molecule has 4 nitrogen and oxygen atoms in total. The molecule has 1 saturated heterocycles. The molecule has 3 heterocycles. The van der Waals surface area contributed by atoms with Crippen LogP contribution in [0.15, 0.2) is 18.2 Å². The van der Waals surface area contributed by atoms with Crippen LogP contribution in [0.5, 0.6) is 0 Å². The van der Waals surface area contributed by atoms with E-state index in [9.17, 15) is 4.79 Å². The van der Waals surface area contributed by atoms with Crippen molar-refractivity contribution in [3.63, 3.8) is 0 Å². The Bertz CT molecular complexity index is 963. The Kier molecular flexibility index (Phi) is 5.04. The van der Waals surface area contributed by atoms with E-state index in [1.165, 1.54) is 67.6 Å². The maximum Gasteiger partial charge on any atom is 0.256 e. The SMILES string of the molecule is CCc1c(C=C2C(=O)Nc3ccc(CCN4CCCC4)cc32)[nH]c2c1CCCC2. The molecule has 152 valence electrons. The summed E-state index contributed by atoms with van der Waals surface area (Å²) < 4.78 is 0. The van der Waals surface area contributed by atoms with Crippen molar-refractivity contribution < 1.29 is 4.79 Å². The molecule has 1 fully saturated rings. The van der Waals surface area contributed by atoms with E-state index in [2.05, 4.69) is 46.4 Å². The number of aromatic amines is 1. The first-order valence-electron chi connectivity index (χ1n) is 11.3. The highest BCUT2D eigenvalue weighted by Crippen LogP contribution is 2.36. The van der Waals surface area contributed by atoms with Gasteiger partial charge in [-0.2, -0.15) is 0 Å². The number of anilines is 1. The fourth-order valence-electron chi connectivity index (χ4n) is 5.28. The van der Waals surface area contributed by atoms with Crippen molar-refractivity contribution in [2.24, 2.45) is 0 Å². The first-order valence-corrected chi connectivity index (χ1v) is 11.3. The standard InChI is InChI=1S/C25H31N3O/c1-2-18-19-7-3-4-8-22(19)26-24(18)16-21-20-15-17(9-10-23(20)27-25(21)29)11-14-28-12-5-6-13-28/h9-10,15-16,26H,2-8,11-14H2,1H3,(H,27,29). The van der Waals surface area contributed by atoms with Gasteiger partial charge in [-0.3, -0.25) is 4.79 Å². The number of aryl methyl sites for hydroxylation is 1. The fraction of sp³-hybridized carbons (Fsp3) is 0.480. The molecule has 0 radical (unpaired) electrons. The summed E-state index contributed by atoms with van der Waals surface area (Å²) in [6.45, 7) is 5.79. The molecule has 0 atom stereocenters. The van der Waals surface area contributed by atoms with Crippen LogP contribution in [0.1, 0.15) is 66.2 Å². The zero-order valence-electron chi connectivity index (χ0n) is 17.4. The highest BCUT2D eigenvalue weighted by atomic mass is 16.2. The molecule has 1 aromatic heterocycles. The lowest BCUT2D eigenvalue weighted by Crippen LogP contribution is -2.21. The number of amides is 1. The number of fused-ring (bicyclic) bond motifs is 2. The van der Waals surface area contributed by atoms with Gasteiger partial charge in [-0.15, -0.1) is 0 Å². The van der Waals surface area contributed by atoms with Crippen molar-refractivity contribution in [1.82, 2.24) is 9.88 Å². The molecule has 0 saturated carbocycles. The Morgan fingerprint density at radius 3 is 2.76 bits per heavy atom. The maximum atomic E-state index is 12.8. The second-order valence-corrected chi connectivity index (χ2v) is 8.73. The number of nitrogens with zero attached hydrogens (tertiary/aromatic N) is 1. The molecule has 2 N–H and O–H groups in total. The Labute approximate surface area is 173 Å². The lowest BCUT2D eigenvalue weighted by Gasteiger charge is -2.14. The number of likely N-dealkylation sites (tertiary alicyclic amines) is 1. The number of carbonyl (C=O) groups is 1. The molecule has 0 unspecified atom stereocenters. The summed E-state index contributed by atoms with van der Waals surface area (Å²) in [5.41, 5.74) is 9.56. The minimum absolute atomic E-state index is 0.0197. The van der Waals surface area contributed by atoms with Gasteiger partial charge < -0.3 is 15.2 Å². The maximum absolute atomic E-state index is 12.8. The van der Waals surface area contributed by atoms with Crippen LogP contribution >= 0.6 is 0 Å². The Morgan fingerprint density at radius 1 is 1.10 bits per heavy atom. The second-order valence-electron chi connectivity index (χ2n) is 8.73. The summed E-state index contributed by atoms with van der Waals surface area (Å²) in [6, 6.07) is 6.47. The molecule has 1 aliphatic carbocycles. The summed E-state index contributed by atoms with van der Waals surface area (Å²) in [6.07, 6.45) is 11.7. The van der Waals surface area contributed by atoms with Gasteiger partial charge in [-0.05, 0) is 99.4 Å². The number of hydrogen-bond donors (Lipinski definition) is 2. The normalized spacial score (nSPS) is 20.2. The smallest absolute Gasteiger partial charge is 0.256 e. The van der Waals surface area contributed by atoms with E-state index in [0.29, 0.717) is 0 Å². The van der Waals surface area contributed by atoms with Gasteiger partial charge in [0.25, 0.3) is 5.91 Å². The molecule has 4 heteroatoms. The molecule has 1 aromatic carbocycles. The molecule has 2 aromatic rings. The number of aromatic nitrogens is 1. The number of carbonyl (C=O) groups excluding carboxylic acids is 1. The van der Waals surface area contributed by atoms with Crippen molar-refractivity contribution >= 4 is 23.2 Å². The third kappa shape index (κ3) is 3.55.